The first-order valence-electron chi connectivity index (χ1n) is 1.57. The molecule has 0 unspecified atom stereocenters. The zero-order valence-corrected chi connectivity index (χ0v) is 6.89. The predicted octanol–water partition coefficient (Wildman–Crippen LogP) is -2.34. The summed E-state index contributed by atoms with van der Waals surface area (Å²) < 4.78 is 17.8. The van der Waals surface area contributed by atoms with Gasteiger partial charge in [-0.1, -0.05) is 0 Å². The van der Waals surface area contributed by atoms with E-state index in [4.69, 9.17) is 38.5 Å². The second kappa shape index (κ2) is 8.38. The summed E-state index contributed by atoms with van der Waals surface area (Å²) in [4.78, 5) is 43.1. The molecule has 0 fully saturated rings. The summed E-state index contributed by atoms with van der Waals surface area (Å²) in [6.07, 6.45) is 0. The van der Waals surface area contributed by atoms with Gasteiger partial charge in [-0.25, -0.2) is 9.13 Å². The van der Waals surface area contributed by atoms with Crippen molar-refractivity contribution < 1.29 is 38.5 Å². The first-order valence-corrected chi connectivity index (χ1v) is 4.70. The summed E-state index contributed by atoms with van der Waals surface area (Å²) in [5.41, 5.74) is 0. The predicted molar refractivity (Wildman–Crippen MR) is 40.7 cm³/mol. The van der Waals surface area contributed by atoms with Gasteiger partial charge in [0.2, 0.25) is 0 Å². The Balaban J connectivity index is -0.0000000457. The molecule has 0 atom stereocenters. The van der Waals surface area contributed by atoms with E-state index in [1.807, 2.05) is 0 Å². The Hall–Kier alpha value is 0.777. The molecular weight excluding hydrogens is 211 g/mol. The van der Waals surface area contributed by atoms with Crippen LogP contribution in [0.15, 0.2) is 0 Å². The van der Waals surface area contributed by atoms with Gasteiger partial charge in [0.05, 0.1) is 0 Å². The van der Waals surface area contributed by atoms with Crippen LogP contribution in [0.25, 0.3) is 0 Å². The summed E-state index contributed by atoms with van der Waals surface area (Å²) in [6.45, 7) is 0. The van der Waals surface area contributed by atoms with Gasteiger partial charge in [-0.15, -0.1) is 0 Å². The van der Waals surface area contributed by atoms with Crippen molar-refractivity contribution in [2.24, 2.45) is 0 Å². The quantitative estimate of drug-likeness (QED) is 0.173. The second-order valence-corrected chi connectivity index (χ2v) is 3.08. The van der Waals surface area contributed by atoms with Gasteiger partial charge >= 0.3 is 34.5 Å². The minimum atomic E-state index is -4.64. The van der Waals surface area contributed by atoms with Gasteiger partial charge in [0.25, 0.3) is 0 Å². The third kappa shape index (κ3) is 1700. The number of hydrogen-bond acceptors (Lipinski definition) is 3. The molecule has 0 aliphatic rings. The fourth-order valence-corrected chi connectivity index (χ4v) is 0. The normalized spacial score (nSPS) is 9.83. The molecule has 9 nitrogen and oxygen atoms in total. The molecule has 74 valence electrons. The van der Waals surface area contributed by atoms with E-state index in [-0.39, 0.29) is 25.0 Å². The Morgan fingerprint density at radius 3 is 0.667 bits per heavy atom. The average Bonchev–Trinajstić information content (AvgIpc) is 1.12. The maximum absolute atomic E-state index is 8.88. The molecule has 0 aromatic rings. The van der Waals surface area contributed by atoms with E-state index >= 15 is 0 Å². The van der Waals surface area contributed by atoms with Crippen molar-refractivity contribution in [1.29, 1.82) is 0 Å². The molecule has 0 aromatic carbocycles. The van der Waals surface area contributed by atoms with E-state index in [9.17, 15) is 0 Å². The standard InChI is InChI=1S/Li.H3N.2H3O4P.H/c;;2*1-5(2,3)4;/h;1H3;2*(H3,1,2,3,4);. The van der Waals surface area contributed by atoms with E-state index in [0.29, 0.717) is 0 Å². The van der Waals surface area contributed by atoms with Crippen molar-refractivity contribution in [1.82, 2.24) is 6.15 Å². The van der Waals surface area contributed by atoms with Crippen LogP contribution >= 0.6 is 15.6 Å². The first kappa shape index (κ1) is 23.0. The van der Waals surface area contributed by atoms with Crippen molar-refractivity contribution in [2.75, 3.05) is 0 Å². The molecule has 0 aliphatic carbocycles. The van der Waals surface area contributed by atoms with E-state index in [0.717, 1.165) is 0 Å². The summed E-state index contributed by atoms with van der Waals surface area (Å²) in [5, 5.41) is 0. The number of hydrogen-bond donors (Lipinski definition) is 7. The van der Waals surface area contributed by atoms with Gasteiger partial charge in [-0.2, -0.15) is 0 Å². The molecule has 0 spiro atoms. The fourth-order valence-electron chi connectivity index (χ4n) is 0. The fraction of sp³-hybridized carbons (Fsp3) is 0. The van der Waals surface area contributed by atoms with E-state index in [2.05, 4.69) is 0 Å². The van der Waals surface area contributed by atoms with Gasteiger partial charge in [-0.3, -0.25) is 0 Å². The molecule has 0 saturated carbocycles. The van der Waals surface area contributed by atoms with E-state index in [1.54, 1.807) is 0 Å². The molecule has 0 heterocycles. The number of phosphoric acid groups is 2. The van der Waals surface area contributed by atoms with E-state index < -0.39 is 15.6 Å². The van der Waals surface area contributed by atoms with Crippen LogP contribution in [0, 0.1) is 0 Å². The van der Waals surface area contributed by atoms with Gasteiger partial charge in [0, 0.05) is 0 Å². The molecule has 0 aliphatic heterocycles. The Morgan fingerprint density at radius 1 is 0.667 bits per heavy atom. The van der Waals surface area contributed by atoms with Crippen molar-refractivity contribution >= 4 is 34.5 Å². The molecule has 0 radical (unpaired) electrons. The molecule has 0 aromatic heterocycles. The van der Waals surface area contributed by atoms with Gasteiger partial charge < -0.3 is 35.5 Å². The summed E-state index contributed by atoms with van der Waals surface area (Å²) >= 11 is 0. The zero-order chi connectivity index (χ0) is 9.00. The van der Waals surface area contributed by atoms with Crippen LogP contribution < -0.4 is 6.15 Å². The Kier molecular flexibility index (Phi) is 16.1. The van der Waals surface area contributed by atoms with Gasteiger partial charge in [0.1, 0.15) is 0 Å². The van der Waals surface area contributed by atoms with Crippen LogP contribution in [0.2, 0.25) is 0 Å². The summed E-state index contributed by atoms with van der Waals surface area (Å²) in [6, 6.07) is 0. The third-order valence-corrected chi connectivity index (χ3v) is 0. The SMILES string of the molecule is N.O=P(O)(O)O.O=P(O)(O)O.[LiH]. The maximum atomic E-state index is 8.88. The molecule has 12 heteroatoms. The molecule has 0 saturated heterocycles. The molecule has 9 N–H and O–H groups in total. The van der Waals surface area contributed by atoms with Crippen LogP contribution in [-0.2, 0) is 9.13 Å². The molecular formula is H10LiNO8P2. The van der Waals surface area contributed by atoms with Gasteiger partial charge in [0.15, 0.2) is 0 Å². The van der Waals surface area contributed by atoms with E-state index in [1.165, 1.54) is 0 Å². The second-order valence-electron chi connectivity index (χ2n) is 1.03. The van der Waals surface area contributed by atoms with Crippen LogP contribution in [-0.4, -0.2) is 48.2 Å². The van der Waals surface area contributed by atoms with Crippen LogP contribution in [0.5, 0.6) is 0 Å². The Labute approximate surface area is 79.7 Å². The molecule has 0 amide bonds. The van der Waals surface area contributed by atoms with Crippen LogP contribution in [0.3, 0.4) is 0 Å². The zero-order valence-electron chi connectivity index (χ0n) is 5.10. The Morgan fingerprint density at radius 2 is 0.667 bits per heavy atom. The van der Waals surface area contributed by atoms with Crippen molar-refractivity contribution in [3.8, 4) is 0 Å². The summed E-state index contributed by atoms with van der Waals surface area (Å²) in [7, 11) is -9.28. The van der Waals surface area contributed by atoms with Crippen molar-refractivity contribution in [2.45, 2.75) is 0 Å². The molecule has 0 rings (SSSR count). The Bertz CT molecular complexity index is 129. The number of rotatable bonds is 0. The van der Waals surface area contributed by atoms with Crippen LogP contribution in [0.4, 0.5) is 0 Å². The van der Waals surface area contributed by atoms with Crippen LogP contribution in [0.1, 0.15) is 0 Å². The monoisotopic (exact) mass is 221 g/mol. The minimum absolute atomic E-state index is 0. The molecule has 12 heavy (non-hydrogen) atoms. The van der Waals surface area contributed by atoms with Crippen molar-refractivity contribution in [3.05, 3.63) is 0 Å². The van der Waals surface area contributed by atoms with Crippen molar-refractivity contribution in [3.63, 3.8) is 0 Å². The third-order valence-electron chi connectivity index (χ3n) is 0. The molecule has 0 bridgehead atoms. The topological polar surface area (TPSA) is 191 Å². The average molecular weight is 221 g/mol. The summed E-state index contributed by atoms with van der Waals surface area (Å²) in [5.74, 6) is 0. The van der Waals surface area contributed by atoms with Gasteiger partial charge in [-0.05, 0) is 0 Å². The first-order chi connectivity index (χ1) is 4.00.